The third-order valence-corrected chi connectivity index (χ3v) is 3.38. The number of carbonyl (C=O) groups is 1. The van der Waals surface area contributed by atoms with Crippen LogP contribution in [0.3, 0.4) is 0 Å². The molecule has 20 heavy (non-hydrogen) atoms. The standard InChI is InChI=1S/C14H16N4O2/c1-20-12-5-3-2-4-11(12)16-14(19)13-9-8-15-7-6-10(9)17-18-13/h2-5,15H,6-8H2,1H3,(H,16,19)(H,17,18). The maximum Gasteiger partial charge on any atom is 0.276 e. The predicted molar refractivity (Wildman–Crippen MR) is 74.9 cm³/mol. The zero-order valence-electron chi connectivity index (χ0n) is 11.2. The van der Waals surface area contributed by atoms with E-state index in [0.29, 0.717) is 23.7 Å². The van der Waals surface area contributed by atoms with Crippen LogP contribution < -0.4 is 15.4 Å². The minimum absolute atomic E-state index is 0.226. The van der Waals surface area contributed by atoms with Gasteiger partial charge in [0.25, 0.3) is 5.91 Å². The van der Waals surface area contributed by atoms with Gasteiger partial charge in [0, 0.05) is 30.8 Å². The molecule has 0 spiro atoms. The van der Waals surface area contributed by atoms with E-state index in [9.17, 15) is 4.79 Å². The number of ether oxygens (including phenoxy) is 1. The van der Waals surface area contributed by atoms with Crippen molar-refractivity contribution in [3.8, 4) is 5.75 Å². The van der Waals surface area contributed by atoms with Gasteiger partial charge in [0.1, 0.15) is 5.75 Å². The number of aromatic amines is 1. The summed E-state index contributed by atoms with van der Waals surface area (Å²) in [6, 6.07) is 7.31. The maximum absolute atomic E-state index is 12.3. The molecule has 1 aromatic heterocycles. The molecule has 0 atom stereocenters. The van der Waals surface area contributed by atoms with E-state index in [4.69, 9.17) is 4.74 Å². The smallest absolute Gasteiger partial charge is 0.276 e. The monoisotopic (exact) mass is 272 g/mol. The van der Waals surface area contributed by atoms with Gasteiger partial charge in [-0.1, -0.05) is 12.1 Å². The van der Waals surface area contributed by atoms with Crippen LogP contribution in [0.4, 0.5) is 5.69 Å². The van der Waals surface area contributed by atoms with Crippen molar-refractivity contribution in [3.63, 3.8) is 0 Å². The van der Waals surface area contributed by atoms with E-state index < -0.39 is 0 Å². The topological polar surface area (TPSA) is 79.0 Å². The first kappa shape index (κ1) is 12.7. The Morgan fingerprint density at radius 1 is 1.40 bits per heavy atom. The maximum atomic E-state index is 12.3. The number of nitrogens with zero attached hydrogens (tertiary/aromatic N) is 1. The molecule has 104 valence electrons. The number of anilines is 1. The number of aromatic nitrogens is 2. The van der Waals surface area contributed by atoms with Gasteiger partial charge in [-0.15, -0.1) is 0 Å². The highest BCUT2D eigenvalue weighted by Gasteiger charge is 2.22. The Labute approximate surface area is 116 Å². The Morgan fingerprint density at radius 3 is 3.10 bits per heavy atom. The minimum atomic E-state index is -0.226. The van der Waals surface area contributed by atoms with Crippen molar-refractivity contribution in [2.75, 3.05) is 19.0 Å². The lowest BCUT2D eigenvalue weighted by molar-refractivity contribution is 0.102. The number of benzene rings is 1. The van der Waals surface area contributed by atoms with E-state index in [1.54, 1.807) is 19.2 Å². The van der Waals surface area contributed by atoms with Crippen LogP contribution in [0, 0.1) is 0 Å². The summed E-state index contributed by atoms with van der Waals surface area (Å²) in [4.78, 5) is 12.3. The Morgan fingerprint density at radius 2 is 2.25 bits per heavy atom. The average molecular weight is 272 g/mol. The van der Waals surface area contributed by atoms with Crippen molar-refractivity contribution in [1.29, 1.82) is 0 Å². The molecule has 6 heteroatoms. The number of nitrogens with one attached hydrogen (secondary N) is 3. The van der Waals surface area contributed by atoms with Crippen LogP contribution in [-0.2, 0) is 13.0 Å². The molecular formula is C14H16N4O2. The summed E-state index contributed by atoms with van der Waals surface area (Å²) in [6.07, 6.45) is 0.865. The Kier molecular flexibility index (Phi) is 3.39. The zero-order chi connectivity index (χ0) is 13.9. The molecule has 2 aromatic rings. The van der Waals surface area contributed by atoms with Crippen molar-refractivity contribution in [1.82, 2.24) is 15.5 Å². The van der Waals surface area contributed by atoms with Crippen molar-refractivity contribution in [2.45, 2.75) is 13.0 Å². The second-order valence-corrected chi connectivity index (χ2v) is 4.61. The molecule has 1 amide bonds. The number of fused-ring (bicyclic) bond motifs is 1. The van der Waals surface area contributed by atoms with E-state index in [2.05, 4.69) is 20.8 Å². The first-order valence-corrected chi connectivity index (χ1v) is 6.51. The van der Waals surface area contributed by atoms with Crippen LogP contribution in [0.1, 0.15) is 21.7 Å². The molecule has 0 bridgehead atoms. The Hall–Kier alpha value is -2.34. The summed E-state index contributed by atoms with van der Waals surface area (Å²) in [5.74, 6) is 0.402. The molecule has 3 rings (SSSR count). The quantitative estimate of drug-likeness (QED) is 0.787. The fourth-order valence-corrected chi connectivity index (χ4v) is 2.34. The van der Waals surface area contributed by atoms with Gasteiger partial charge in [0.15, 0.2) is 5.69 Å². The van der Waals surface area contributed by atoms with Crippen molar-refractivity contribution < 1.29 is 9.53 Å². The highest BCUT2D eigenvalue weighted by molar-refractivity contribution is 6.04. The number of hydrogen-bond donors (Lipinski definition) is 3. The minimum Gasteiger partial charge on any atom is -0.495 e. The van der Waals surface area contributed by atoms with Crippen LogP contribution in [-0.4, -0.2) is 29.8 Å². The van der Waals surface area contributed by atoms with Crippen molar-refractivity contribution in [2.24, 2.45) is 0 Å². The van der Waals surface area contributed by atoms with Crippen molar-refractivity contribution in [3.05, 3.63) is 41.2 Å². The van der Waals surface area contributed by atoms with Gasteiger partial charge in [-0.3, -0.25) is 9.89 Å². The lowest BCUT2D eigenvalue weighted by Crippen LogP contribution is -2.25. The summed E-state index contributed by atoms with van der Waals surface area (Å²) in [5.41, 5.74) is 3.07. The summed E-state index contributed by atoms with van der Waals surface area (Å²) >= 11 is 0. The number of H-pyrrole nitrogens is 1. The molecule has 1 aliphatic rings. The van der Waals surface area contributed by atoms with Gasteiger partial charge in [-0.2, -0.15) is 5.10 Å². The van der Waals surface area contributed by atoms with E-state index in [1.807, 2.05) is 12.1 Å². The molecule has 0 saturated carbocycles. The predicted octanol–water partition coefficient (Wildman–Crippen LogP) is 1.32. The molecule has 3 N–H and O–H groups in total. The number of amides is 1. The highest BCUT2D eigenvalue weighted by Crippen LogP contribution is 2.24. The number of para-hydroxylation sites is 2. The van der Waals surface area contributed by atoms with Crippen LogP contribution in [0.15, 0.2) is 24.3 Å². The molecular weight excluding hydrogens is 256 g/mol. The number of methoxy groups -OCH3 is 1. The van der Waals surface area contributed by atoms with E-state index in [0.717, 1.165) is 24.2 Å². The van der Waals surface area contributed by atoms with Gasteiger partial charge >= 0.3 is 0 Å². The molecule has 1 aliphatic heterocycles. The number of hydrogen-bond acceptors (Lipinski definition) is 4. The largest absolute Gasteiger partial charge is 0.495 e. The lowest BCUT2D eigenvalue weighted by Gasteiger charge is -2.13. The lowest BCUT2D eigenvalue weighted by atomic mass is 10.1. The van der Waals surface area contributed by atoms with Crippen LogP contribution in [0.5, 0.6) is 5.75 Å². The molecule has 1 aromatic carbocycles. The second kappa shape index (κ2) is 5.34. The van der Waals surface area contributed by atoms with Gasteiger partial charge in [-0.25, -0.2) is 0 Å². The second-order valence-electron chi connectivity index (χ2n) is 4.61. The van der Waals surface area contributed by atoms with E-state index >= 15 is 0 Å². The third-order valence-electron chi connectivity index (χ3n) is 3.38. The Bertz CT molecular complexity index is 636. The first-order valence-electron chi connectivity index (χ1n) is 6.51. The highest BCUT2D eigenvalue weighted by atomic mass is 16.5. The van der Waals surface area contributed by atoms with Gasteiger partial charge in [0.05, 0.1) is 12.8 Å². The summed E-state index contributed by atoms with van der Waals surface area (Å²) in [7, 11) is 1.57. The van der Waals surface area contributed by atoms with Crippen LogP contribution in [0.25, 0.3) is 0 Å². The van der Waals surface area contributed by atoms with Gasteiger partial charge < -0.3 is 15.4 Å². The summed E-state index contributed by atoms with van der Waals surface area (Å²) in [5, 5.41) is 13.2. The fourth-order valence-electron chi connectivity index (χ4n) is 2.34. The van der Waals surface area contributed by atoms with Crippen LogP contribution in [0.2, 0.25) is 0 Å². The SMILES string of the molecule is COc1ccccc1NC(=O)c1n[nH]c2c1CNCC2. The molecule has 0 unspecified atom stereocenters. The molecule has 0 fully saturated rings. The van der Waals surface area contributed by atoms with Crippen molar-refractivity contribution >= 4 is 11.6 Å². The van der Waals surface area contributed by atoms with E-state index in [-0.39, 0.29) is 5.91 Å². The van der Waals surface area contributed by atoms with Crippen LogP contribution >= 0.6 is 0 Å². The van der Waals surface area contributed by atoms with Gasteiger partial charge in [-0.05, 0) is 12.1 Å². The Balaban J connectivity index is 1.85. The third kappa shape index (κ3) is 2.25. The number of rotatable bonds is 3. The normalized spacial score (nSPS) is 13.7. The molecule has 0 saturated heterocycles. The molecule has 0 aliphatic carbocycles. The van der Waals surface area contributed by atoms with E-state index in [1.165, 1.54) is 0 Å². The van der Waals surface area contributed by atoms with Gasteiger partial charge in [0.2, 0.25) is 0 Å². The first-order chi connectivity index (χ1) is 9.79. The average Bonchev–Trinajstić information content (AvgIpc) is 2.92. The molecule has 0 radical (unpaired) electrons. The zero-order valence-corrected chi connectivity index (χ0v) is 11.2. The molecule has 6 nitrogen and oxygen atoms in total. The summed E-state index contributed by atoms with van der Waals surface area (Å²) in [6.45, 7) is 1.57. The number of carbonyl (C=O) groups excluding carboxylic acids is 1. The molecule has 2 heterocycles. The summed E-state index contributed by atoms with van der Waals surface area (Å²) < 4.78 is 5.22. The fraction of sp³-hybridized carbons (Fsp3) is 0.286.